The van der Waals surface area contributed by atoms with E-state index in [1.54, 1.807) is 31.1 Å². The minimum Gasteiger partial charge on any atom is -0.367 e. The van der Waals surface area contributed by atoms with Gasteiger partial charge in [-0.25, -0.2) is 4.98 Å². The Bertz CT molecular complexity index is 753. The highest BCUT2D eigenvalue weighted by Gasteiger charge is 2.20. The predicted molar refractivity (Wildman–Crippen MR) is 101 cm³/mol. The van der Waals surface area contributed by atoms with E-state index in [1.165, 1.54) is 0 Å². The second-order valence-electron chi connectivity index (χ2n) is 6.54. The van der Waals surface area contributed by atoms with Gasteiger partial charge in [0.1, 0.15) is 5.69 Å². The van der Waals surface area contributed by atoms with E-state index in [1.807, 2.05) is 41.3 Å². The van der Waals surface area contributed by atoms with Crippen LogP contribution in [0.2, 0.25) is 0 Å². The summed E-state index contributed by atoms with van der Waals surface area (Å²) in [4.78, 5) is 34.0. The Morgan fingerprint density at radius 2 is 1.73 bits per heavy atom. The number of anilines is 1. The maximum absolute atomic E-state index is 12.6. The van der Waals surface area contributed by atoms with Gasteiger partial charge in [-0.05, 0) is 17.7 Å². The van der Waals surface area contributed by atoms with Crippen LogP contribution in [0.4, 0.5) is 5.69 Å². The zero-order chi connectivity index (χ0) is 18.5. The lowest BCUT2D eigenvalue weighted by Crippen LogP contribution is -2.48. The van der Waals surface area contributed by atoms with Gasteiger partial charge in [0.25, 0.3) is 5.91 Å². The van der Waals surface area contributed by atoms with Gasteiger partial charge in [0.15, 0.2) is 0 Å². The standard InChI is InChI=1S/C20H24N4O2/c1-16(25)23-10-12-24(13-11-23)18-8-9-19(21-14-18)20(26)22(2)15-17-6-4-3-5-7-17/h3-9,14H,10-13,15H2,1-2H3. The van der Waals surface area contributed by atoms with Gasteiger partial charge < -0.3 is 14.7 Å². The molecule has 1 aliphatic heterocycles. The van der Waals surface area contributed by atoms with Crippen molar-refractivity contribution in [2.24, 2.45) is 0 Å². The summed E-state index contributed by atoms with van der Waals surface area (Å²) in [5.74, 6) is 0.0203. The molecule has 6 nitrogen and oxygen atoms in total. The maximum Gasteiger partial charge on any atom is 0.272 e. The van der Waals surface area contributed by atoms with Crippen LogP contribution in [-0.4, -0.2) is 59.8 Å². The van der Waals surface area contributed by atoms with Crippen molar-refractivity contribution in [3.8, 4) is 0 Å². The molecule has 1 saturated heterocycles. The van der Waals surface area contributed by atoms with E-state index >= 15 is 0 Å². The summed E-state index contributed by atoms with van der Waals surface area (Å²) >= 11 is 0. The number of carbonyl (C=O) groups excluding carboxylic acids is 2. The molecular weight excluding hydrogens is 328 g/mol. The van der Waals surface area contributed by atoms with Crippen LogP contribution in [0.1, 0.15) is 23.0 Å². The molecular formula is C20H24N4O2. The van der Waals surface area contributed by atoms with Gasteiger partial charge in [-0.15, -0.1) is 0 Å². The van der Waals surface area contributed by atoms with Crippen LogP contribution in [0.15, 0.2) is 48.7 Å². The van der Waals surface area contributed by atoms with E-state index in [4.69, 9.17) is 0 Å². The van der Waals surface area contributed by atoms with Gasteiger partial charge >= 0.3 is 0 Å². The molecule has 2 aromatic rings. The molecule has 0 atom stereocenters. The van der Waals surface area contributed by atoms with Crippen molar-refractivity contribution in [2.45, 2.75) is 13.5 Å². The lowest BCUT2D eigenvalue weighted by atomic mass is 10.2. The molecule has 6 heteroatoms. The van der Waals surface area contributed by atoms with Gasteiger partial charge in [0.2, 0.25) is 5.91 Å². The van der Waals surface area contributed by atoms with Crippen LogP contribution in [0.25, 0.3) is 0 Å². The molecule has 0 radical (unpaired) electrons. The van der Waals surface area contributed by atoms with E-state index in [2.05, 4.69) is 9.88 Å². The fourth-order valence-corrected chi connectivity index (χ4v) is 3.10. The summed E-state index contributed by atoms with van der Waals surface area (Å²) in [6.45, 7) is 5.15. The van der Waals surface area contributed by atoms with E-state index in [9.17, 15) is 9.59 Å². The van der Waals surface area contributed by atoms with Crippen molar-refractivity contribution >= 4 is 17.5 Å². The second kappa shape index (κ2) is 7.99. The van der Waals surface area contributed by atoms with Crippen molar-refractivity contribution in [3.05, 3.63) is 59.9 Å². The Balaban J connectivity index is 1.60. The summed E-state index contributed by atoms with van der Waals surface area (Å²) < 4.78 is 0. The molecule has 0 spiro atoms. The second-order valence-corrected chi connectivity index (χ2v) is 6.54. The number of rotatable bonds is 4. The number of amides is 2. The normalized spacial score (nSPS) is 14.2. The molecule has 3 rings (SSSR count). The zero-order valence-electron chi connectivity index (χ0n) is 15.3. The molecule has 0 bridgehead atoms. The minimum atomic E-state index is -0.0956. The van der Waals surface area contributed by atoms with E-state index in [0.29, 0.717) is 12.2 Å². The fraction of sp³-hybridized carbons (Fsp3) is 0.350. The molecule has 2 heterocycles. The average Bonchev–Trinajstić information content (AvgIpc) is 2.68. The third-order valence-corrected chi connectivity index (χ3v) is 4.67. The molecule has 0 N–H and O–H groups in total. The van der Waals surface area contributed by atoms with Gasteiger partial charge in [-0.1, -0.05) is 30.3 Å². The molecule has 2 amide bonds. The lowest BCUT2D eigenvalue weighted by Gasteiger charge is -2.35. The molecule has 1 aromatic carbocycles. The largest absolute Gasteiger partial charge is 0.367 e. The average molecular weight is 352 g/mol. The first-order chi connectivity index (χ1) is 12.5. The number of aromatic nitrogens is 1. The lowest BCUT2D eigenvalue weighted by molar-refractivity contribution is -0.129. The van der Waals surface area contributed by atoms with Gasteiger partial charge in [-0.3, -0.25) is 9.59 Å². The summed E-state index contributed by atoms with van der Waals surface area (Å²) in [6, 6.07) is 13.6. The van der Waals surface area contributed by atoms with E-state index in [-0.39, 0.29) is 11.8 Å². The highest BCUT2D eigenvalue weighted by molar-refractivity contribution is 5.92. The third-order valence-electron chi connectivity index (χ3n) is 4.67. The van der Waals surface area contributed by atoms with E-state index in [0.717, 1.165) is 37.4 Å². The van der Waals surface area contributed by atoms with Crippen LogP contribution in [0.5, 0.6) is 0 Å². The highest BCUT2D eigenvalue weighted by atomic mass is 16.2. The predicted octanol–water partition coefficient (Wildman–Crippen LogP) is 2.02. The van der Waals surface area contributed by atoms with Crippen LogP contribution < -0.4 is 4.90 Å². The van der Waals surface area contributed by atoms with Crippen molar-refractivity contribution in [3.63, 3.8) is 0 Å². The first kappa shape index (κ1) is 17.9. The topological polar surface area (TPSA) is 56.8 Å². The Morgan fingerprint density at radius 3 is 2.31 bits per heavy atom. The van der Waals surface area contributed by atoms with Gasteiger partial charge in [0.05, 0.1) is 11.9 Å². The molecule has 0 saturated carbocycles. The Kier molecular flexibility index (Phi) is 5.51. The molecule has 136 valence electrons. The van der Waals surface area contributed by atoms with Crippen molar-refractivity contribution in [1.29, 1.82) is 0 Å². The molecule has 1 aromatic heterocycles. The Hall–Kier alpha value is -2.89. The molecule has 1 fully saturated rings. The molecule has 1 aliphatic rings. The third kappa shape index (κ3) is 4.20. The van der Waals surface area contributed by atoms with E-state index < -0.39 is 0 Å². The van der Waals surface area contributed by atoms with Crippen molar-refractivity contribution < 1.29 is 9.59 Å². The van der Waals surface area contributed by atoms with Gasteiger partial charge in [0, 0.05) is 46.7 Å². The number of nitrogens with zero attached hydrogens (tertiary/aromatic N) is 4. The van der Waals surface area contributed by atoms with Crippen molar-refractivity contribution in [2.75, 3.05) is 38.1 Å². The highest BCUT2D eigenvalue weighted by Crippen LogP contribution is 2.16. The van der Waals surface area contributed by atoms with Crippen LogP contribution in [0, 0.1) is 0 Å². The molecule has 0 aliphatic carbocycles. The number of piperazine rings is 1. The molecule has 0 unspecified atom stereocenters. The summed E-state index contributed by atoms with van der Waals surface area (Å²) in [7, 11) is 1.78. The van der Waals surface area contributed by atoms with Crippen LogP contribution >= 0.6 is 0 Å². The van der Waals surface area contributed by atoms with Gasteiger partial charge in [-0.2, -0.15) is 0 Å². The summed E-state index contributed by atoms with van der Waals surface area (Å²) in [5.41, 5.74) is 2.51. The number of benzene rings is 1. The summed E-state index contributed by atoms with van der Waals surface area (Å²) in [6.07, 6.45) is 1.74. The number of carbonyl (C=O) groups is 2. The zero-order valence-corrected chi connectivity index (χ0v) is 15.3. The monoisotopic (exact) mass is 352 g/mol. The first-order valence-corrected chi connectivity index (χ1v) is 8.80. The SMILES string of the molecule is CC(=O)N1CCN(c2ccc(C(=O)N(C)Cc3ccccc3)nc2)CC1. The minimum absolute atomic E-state index is 0.0956. The van der Waals surface area contributed by atoms with Crippen LogP contribution in [-0.2, 0) is 11.3 Å². The Morgan fingerprint density at radius 1 is 1.04 bits per heavy atom. The fourth-order valence-electron chi connectivity index (χ4n) is 3.10. The quantitative estimate of drug-likeness (QED) is 0.845. The Labute approximate surface area is 154 Å². The molecule has 26 heavy (non-hydrogen) atoms. The van der Waals surface area contributed by atoms with Crippen LogP contribution in [0.3, 0.4) is 0 Å². The van der Waals surface area contributed by atoms with Crippen molar-refractivity contribution in [1.82, 2.24) is 14.8 Å². The number of hydrogen-bond acceptors (Lipinski definition) is 4. The number of pyridine rings is 1. The first-order valence-electron chi connectivity index (χ1n) is 8.80. The smallest absolute Gasteiger partial charge is 0.272 e. The number of hydrogen-bond donors (Lipinski definition) is 0. The maximum atomic E-state index is 12.6. The summed E-state index contributed by atoms with van der Waals surface area (Å²) in [5, 5.41) is 0.